The number of ether oxygens (including phenoxy) is 2. The lowest BCUT2D eigenvalue weighted by Gasteiger charge is -2.17. The molecule has 0 aromatic rings. The summed E-state index contributed by atoms with van der Waals surface area (Å²) in [5.41, 5.74) is 0. The van der Waals surface area contributed by atoms with Crippen molar-refractivity contribution in [1.82, 2.24) is 10.6 Å². The molecule has 0 aromatic carbocycles. The summed E-state index contributed by atoms with van der Waals surface area (Å²) < 4.78 is 11.0. The van der Waals surface area contributed by atoms with Crippen LogP contribution in [0.4, 0.5) is 0 Å². The lowest BCUT2D eigenvalue weighted by atomic mass is 10.1. The predicted octanol–water partition coefficient (Wildman–Crippen LogP) is -0.136. The smallest absolute Gasteiger partial charge is 0.224 e. The molecule has 2 saturated heterocycles. The number of carbonyl (C=O) groups is 1. The molecule has 16 heavy (non-hydrogen) atoms. The first-order valence-corrected chi connectivity index (χ1v) is 5.87. The summed E-state index contributed by atoms with van der Waals surface area (Å²) in [5, 5.41) is 6.10. The molecule has 2 aliphatic rings. The number of rotatable bonds is 3. The van der Waals surface area contributed by atoms with Gasteiger partial charge in [-0.05, 0) is 26.8 Å². The Morgan fingerprint density at radius 1 is 1.56 bits per heavy atom. The summed E-state index contributed by atoms with van der Waals surface area (Å²) in [7, 11) is 0. The second-order valence-corrected chi connectivity index (χ2v) is 4.89. The molecule has 5 heteroatoms. The molecule has 2 heterocycles. The van der Waals surface area contributed by atoms with Gasteiger partial charge in [0.15, 0.2) is 5.79 Å². The quantitative estimate of drug-likeness (QED) is 0.706. The molecule has 0 bridgehead atoms. The van der Waals surface area contributed by atoms with E-state index in [9.17, 15) is 4.79 Å². The van der Waals surface area contributed by atoms with Gasteiger partial charge in [0.2, 0.25) is 5.91 Å². The summed E-state index contributed by atoms with van der Waals surface area (Å²) in [6.45, 7) is 6.59. The molecule has 5 nitrogen and oxygen atoms in total. The highest BCUT2D eigenvalue weighted by Gasteiger charge is 2.33. The monoisotopic (exact) mass is 228 g/mol. The third-order valence-corrected chi connectivity index (χ3v) is 3.00. The van der Waals surface area contributed by atoms with Crippen molar-refractivity contribution in [2.24, 2.45) is 5.92 Å². The van der Waals surface area contributed by atoms with E-state index in [4.69, 9.17) is 9.47 Å². The van der Waals surface area contributed by atoms with Crippen molar-refractivity contribution in [3.8, 4) is 0 Å². The lowest BCUT2D eigenvalue weighted by Crippen LogP contribution is -2.38. The molecular weight excluding hydrogens is 208 g/mol. The summed E-state index contributed by atoms with van der Waals surface area (Å²) >= 11 is 0. The average molecular weight is 228 g/mol. The summed E-state index contributed by atoms with van der Waals surface area (Å²) in [4.78, 5) is 11.7. The van der Waals surface area contributed by atoms with Gasteiger partial charge in [-0.1, -0.05) is 0 Å². The minimum Gasteiger partial charge on any atom is -0.353 e. The predicted molar refractivity (Wildman–Crippen MR) is 58.9 cm³/mol. The molecule has 0 spiro atoms. The van der Waals surface area contributed by atoms with Gasteiger partial charge >= 0.3 is 0 Å². The summed E-state index contributed by atoms with van der Waals surface area (Å²) in [6, 6.07) is 0. The van der Waals surface area contributed by atoms with E-state index in [0.29, 0.717) is 13.2 Å². The van der Waals surface area contributed by atoms with Crippen LogP contribution in [0.25, 0.3) is 0 Å². The standard InChI is InChI=1S/C11H20N2O3/c1-11(2)15-7-9(16-11)6-13-10(14)8-3-4-12-5-8/h8-9,12H,3-7H2,1-2H3,(H,13,14). The van der Waals surface area contributed by atoms with E-state index >= 15 is 0 Å². The molecule has 2 rings (SSSR count). The van der Waals surface area contributed by atoms with Crippen LogP contribution >= 0.6 is 0 Å². The lowest BCUT2D eigenvalue weighted by molar-refractivity contribution is -0.139. The maximum atomic E-state index is 11.7. The average Bonchev–Trinajstić information content (AvgIpc) is 2.83. The van der Waals surface area contributed by atoms with Gasteiger partial charge in [-0.2, -0.15) is 0 Å². The molecule has 2 aliphatic heterocycles. The minimum absolute atomic E-state index is 0.0201. The first-order valence-electron chi connectivity index (χ1n) is 5.87. The topological polar surface area (TPSA) is 59.6 Å². The van der Waals surface area contributed by atoms with Crippen LogP contribution in [0.15, 0.2) is 0 Å². The van der Waals surface area contributed by atoms with Gasteiger partial charge in [0.05, 0.1) is 12.5 Å². The first-order chi connectivity index (χ1) is 7.57. The van der Waals surface area contributed by atoms with Crippen molar-refractivity contribution in [3.05, 3.63) is 0 Å². The fourth-order valence-corrected chi connectivity index (χ4v) is 2.10. The highest BCUT2D eigenvalue weighted by molar-refractivity contribution is 5.79. The van der Waals surface area contributed by atoms with Crippen molar-refractivity contribution in [3.63, 3.8) is 0 Å². The Labute approximate surface area is 95.9 Å². The zero-order chi connectivity index (χ0) is 11.6. The molecular formula is C11H20N2O3. The van der Waals surface area contributed by atoms with E-state index in [1.165, 1.54) is 0 Å². The third kappa shape index (κ3) is 2.93. The molecule has 0 saturated carbocycles. The van der Waals surface area contributed by atoms with Crippen molar-refractivity contribution in [2.75, 3.05) is 26.2 Å². The molecule has 0 aromatic heterocycles. The Hall–Kier alpha value is -0.650. The Kier molecular flexibility index (Phi) is 3.47. The highest BCUT2D eigenvalue weighted by Crippen LogP contribution is 2.21. The summed E-state index contributed by atoms with van der Waals surface area (Å²) in [5.74, 6) is -0.266. The molecule has 2 fully saturated rings. The molecule has 92 valence electrons. The van der Waals surface area contributed by atoms with Crippen LogP contribution in [-0.4, -0.2) is 44.0 Å². The largest absolute Gasteiger partial charge is 0.353 e. The molecule has 2 atom stereocenters. The number of hydrogen-bond donors (Lipinski definition) is 2. The fourth-order valence-electron chi connectivity index (χ4n) is 2.10. The molecule has 1 amide bonds. The van der Waals surface area contributed by atoms with Crippen molar-refractivity contribution < 1.29 is 14.3 Å². The number of nitrogens with one attached hydrogen (secondary N) is 2. The summed E-state index contributed by atoms with van der Waals surface area (Å²) in [6.07, 6.45) is 0.910. The normalized spacial score (nSPS) is 32.9. The molecule has 0 aliphatic carbocycles. The zero-order valence-electron chi connectivity index (χ0n) is 9.91. The van der Waals surface area contributed by atoms with Crippen LogP contribution < -0.4 is 10.6 Å². The third-order valence-electron chi connectivity index (χ3n) is 3.00. The Balaban J connectivity index is 1.69. The van der Waals surface area contributed by atoms with Crippen LogP contribution in [0.1, 0.15) is 20.3 Å². The first kappa shape index (κ1) is 11.8. The van der Waals surface area contributed by atoms with Crippen LogP contribution in [0, 0.1) is 5.92 Å². The van der Waals surface area contributed by atoms with Crippen LogP contribution in [0.2, 0.25) is 0 Å². The van der Waals surface area contributed by atoms with Crippen molar-refractivity contribution in [2.45, 2.75) is 32.2 Å². The second-order valence-electron chi connectivity index (χ2n) is 4.89. The number of amides is 1. The zero-order valence-corrected chi connectivity index (χ0v) is 9.91. The van der Waals surface area contributed by atoms with Gasteiger partial charge in [-0.15, -0.1) is 0 Å². The van der Waals surface area contributed by atoms with E-state index < -0.39 is 5.79 Å². The van der Waals surface area contributed by atoms with E-state index in [2.05, 4.69) is 10.6 Å². The van der Waals surface area contributed by atoms with Gasteiger partial charge in [-0.25, -0.2) is 0 Å². The van der Waals surface area contributed by atoms with Crippen molar-refractivity contribution in [1.29, 1.82) is 0 Å². The maximum Gasteiger partial charge on any atom is 0.224 e. The van der Waals surface area contributed by atoms with Crippen molar-refractivity contribution >= 4 is 5.91 Å². The fraction of sp³-hybridized carbons (Fsp3) is 0.909. The molecule has 2 unspecified atom stereocenters. The molecule has 2 N–H and O–H groups in total. The molecule has 0 radical (unpaired) electrons. The highest BCUT2D eigenvalue weighted by atomic mass is 16.7. The Bertz CT molecular complexity index is 262. The number of hydrogen-bond acceptors (Lipinski definition) is 4. The van der Waals surface area contributed by atoms with Gasteiger partial charge in [0.1, 0.15) is 6.10 Å². The van der Waals surface area contributed by atoms with Crippen LogP contribution in [0.5, 0.6) is 0 Å². The van der Waals surface area contributed by atoms with Gasteiger partial charge < -0.3 is 20.1 Å². The van der Waals surface area contributed by atoms with Gasteiger partial charge in [-0.3, -0.25) is 4.79 Å². The van der Waals surface area contributed by atoms with Crippen LogP contribution in [0.3, 0.4) is 0 Å². The van der Waals surface area contributed by atoms with E-state index in [1.807, 2.05) is 13.8 Å². The van der Waals surface area contributed by atoms with Gasteiger partial charge in [0, 0.05) is 13.1 Å². The minimum atomic E-state index is -0.510. The Morgan fingerprint density at radius 2 is 2.38 bits per heavy atom. The van der Waals surface area contributed by atoms with Crippen LogP contribution in [-0.2, 0) is 14.3 Å². The van der Waals surface area contributed by atoms with E-state index in [-0.39, 0.29) is 17.9 Å². The SMILES string of the molecule is CC1(C)OCC(CNC(=O)C2CCNC2)O1. The van der Waals surface area contributed by atoms with E-state index in [1.54, 1.807) is 0 Å². The Morgan fingerprint density at radius 3 is 2.94 bits per heavy atom. The maximum absolute atomic E-state index is 11.7. The van der Waals surface area contributed by atoms with E-state index in [0.717, 1.165) is 19.5 Å². The number of carbonyl (C=O) groups excluding carboxylic acids is 1. The second kappa shape index (κ2) is 4.69. The van der Waals surface area contributed by atoms with Gasteiger partial charge in [0.25, 0.3) is 0 Å².